The summed E-state index contributed by atoms with van der Waals surface area (Å²) in [6.45, 7) is 5.10. The average molecular weight is 1010 g/mol. The number of aliphatic hydroxyl groups is 1. The van der Waals surface area contributed by atoms with E-state index in [0.717, 1.165) is 44.5 Å². The number of aliphatic hydroxyl groups excluding tert-OH is 1. The first-order chi connectivity index (χ1) is 34.6. The molecule has 0 saturated heterocycles. The quantitative estimate of drug-likeness (QED) is 0.0363. The van der Waals surface area contributed by atoms with Gasteiger partial charge in [-0.15, -0.1) is 11.8 Å². The predicted octanol–water partition coefficient (Wildman–Crippen LogP) is 7.67. The maximum atomic E-state index is 14.8. The largest absolute Gasteiger partial charge is 0.481 e. The number of ether oxygens (including phenoxy) is 1. The van der Waals surface area contributed by atoms with E-state index < -0.39 is 94.0 Å². The molecule has 0 saturated carbocycles. The Labute approximate surface area is 424 Å². The van der Waals surface area contributed by atoms with Crippen molar-refractivity contribution in [3.8, 4) is 11.1 Å². The molecule has 16 heteroatoms. The first-order valence-electron chi connectivity index (χ1n) is 23.6. The maximum Gasteiger partial charge on any atom is 0.407 e. The Hall–Kier alpha value is -7.27. The van der Waals surface area contributed by atoms with Crippen LogP contribution in [0, 0.1) is 12.8 Å². The number of rotatable bonds is 22. The fraction of sp³-hybridized carbons (Fsp3) is 0.268. The molecule has 1 aliphatic carbocycles. The number of benzene rings is 6. The molecule has 0 spiro atoms. The van der Waals surface area contributed by atoms with Crippen molar-refractivity contribution in [2.45, 2.75) is 79.8 Å². The average Bonchev–Trinajstić information content (AvgIpc) is 3.69. The number of carboxylic acids is 1. The van der Waals surface area contributed by atoms with E-state index in [1.165, 1.54) is 23.9 Å². The summed E-state index contributed by atoms with van der Waals surface area (Å²) in [6.07, 6.45) is -4.16. The third-order valence-corrected chi connectivity index (χ3v) is 15.7. The molecule has 14 nitrogen and oxygen atoms in total. The Morgan fingerprint density at radius 1 is 0.653 bits per heavy atom. The van der Waals surface area contributed by atoms with Gasteiger partial charge in [-0.1, -0.05) is 171 Å². The molecule has 4 atom stereocenters. The highest BCUT2D eigenvalue weighted by Crippen LogP contribution is 2.49. The second-order valence-corrected chi connectivity index (χ2v) is 20.9. The van der Waals surface area contributed by atoms with Crippen molar-refractivity contribution in [3.05, 3.63) is 197 Å². The Balaban J connectivity index is 1.20. The summed E-state index contributed by atoms with van der Waals surface area (Å²) in [7, 11) is -4.31. The zero-order valence-electron chi connectivity index (χ0n) is 40.1. The first kappa shape index (κ1) is 52.6. The molecule has 0 aliphatic heterocycles. The summed E-state index contributed by atoms with van der Waals surface area (Å²) in [5, 5.41) is 28.8. The zero-order valence-corrected chi connectivity index (χ0v) is 41.7. The van der Waals surface area contributed by atoms with Crippen molar-refractivity contribution in [2.75, 3.05) is 12.4 Å². The zero-order chi connectivity index (χ0) is 51.4. The molecular weight excluding hydrogens is 953 g/mol. The van der Waals surface area contributed by atoms with E-state index in [2.05, 4.69) is 16.0 Å². The lowest BCUT2D eigenvalue weighted by Crippen LogP contribution is -2.58. The number of carbonyl (C=O) groups excluding carboxylic acids is 4. The Kier molecular flexibility index (Phi) is 17.3. The van der Waals surface area contributed by atoms with Gasteiger partial charge in [-0.3, -0.25) is 19.2 Å². The van der Waals surface area contributed by atoms with E-state index in [9.17, 15) is 42.6 Å². The molecule has 0 fully saturated rings. The summed E-state index contributed by atoms with van der Waals surface area (Å²) in [5.74, 6) is -4.82. The van der Waals surface area contributed by atoms with Crippen LogP contribution in [0.1, 0.15) is 72.4 Å². The molecule has 4 amide bonds. The minimum Gasteiger partial charge on any atom is -0.481 e. The van der Waals surface area contributed by atoms with Crippen LogP contribution in [0.3, 0.4) is 0 Å². The number of aryl methyl sites for hydroxylation is 1. The highest BCUT2D eigenvalue weighted by molar-refractivity contribution is 8.00. The van der Waals surface area contributed by atoms with Crippen LogP contribution < -0.4 is 20.7 Å². The number of thioether (sulfide) groups is 1. The molecule has 7 rings (SSSR count). The third-order valence-electron chi connectivity index (χ3n) is 12.7. The van der Waals surface area contributed by atoms with Crippen molar-refractivity contribution < 1.29 is 47.3 Å². The number of alkyl carbamates (subject to hydrolysis) is 1. The number of hydrogen-bond donors (Lipinski definition) is 6. The molecule has 0 bridgehead atoms. The third kappa shape index (κ3) is 12.6. The van der Waals surface area contributed by atoms with Crippen LogP contribution in [0.5, 0.6) is 0 Å². The molecule has 0 radical (unpaired) electrons. The van der Waals surface area contributed by atoms with Crippen LogP contribution >= 0.6 is 11.8 Å². The number of carbonyl (C=O) groups is 5. The van der Waals surface area contributed by atoms with Crippen LogP contribution in [-0.2, 0) is 38.7 Å². The van der Waals surface area contributed by atoms with Crippen molar-refractivity contribution in [1.29, 1.82) is 0 Å². The van der Waals surface area contributed by atoms with Gasteiger partial charge >= 0.3 is 12.1 Å². The lowest BCUT2D eigenvalue weighted by molar-refractivity contribution is -0.140. The molecule has 1 aliphatic rings. The number of fused-ring (bicyclic) bond motifs is 3. The maximum absolute atomic E-state index is 14.8. The molecule has 72 heavy (non-hydrogen) atoms. The van der Waals surface area contributed by atoms with Gasteiger partial charge in [0.1, 0.15) is 18.7 Å². The van der Waals surface area contributed by atoms with E-state index >= 15 is 0 Å². The predicted molar refractivity (Wildman–Crippen MR) is 276 cm³/mol. The highest BCUT2D eigenvalue weighted by atomic mass is 32.2. The fourth-order valence-corrected chi connectivity index (χ4v) is 11.6. The molecule has 0 unspecified atom stereocenters. The second-order valence-electron chi connectivity index (χ2n) is 18.0. The fourth-order valence-electron chi connectivity index (χ4n) is 9.01. The van der Waals surface area contributed by atoms with Gasteiger partial charge in [0.2, 0.25) is 17.7 Å². The van der Waals surface area contributed by atoms with Crippen LogP contribution in [0.15, 0.2) is 169 Å². The highest BCUT2D eigenvalue weighted by Gasteiger charge is 2.40. The summed E-state index contributed by atoms with van der Waals surface area (Å²) in [4.78, 5) is 68.5. The van der Waals surface area contributed by atoms with E-state index in [0.29, 0.717) is 0 Å². The van der Waals surface area contributed by atoms with E-state index in [4.69, 9.17) is 4.74 Å². The van der Waals surface area contributed by atoms with Gasteiger partial charge in [0, 0.05) is 18.1 Å². The van der Waals surface area contributed by atoms with Crippen molar-refractivity contribution >= 4 is 51.6 Å². The van der Waals surface area contributed by atoms with Gasteiger partial charge in [-0.25, -0.2) is 17.9 Å². The van der Waals surface area contributed by atoms with Crippen LogP contribution in [0.2, 0.25) is 0 Å². The summed E-state index contributed by atoms with van der Waals surface area (Å²) >= 11 is 1.35. The Morgan fingerprint density at radius 2 is 1.14 bits per heavy atom. The summed E-state index contributed by atoms with van der Waals surface area (Å²) in [5.41, 5.74) is 7.27. The molecule has 6 N–H and O–H groups in total. The van der Waals surface area contributed by atoms with Gasteiger partial charge in [0.05, 0.1) is 28.2 Å². The number of hydrogen-bond acceptors (Lipinski definition) is 10. The Bertz CT molecular complexity index is 2820. The van der Waals surface area contributed by atoms with Crippen molar-refractivity contribution in [3.63, 3.8) is 0 Å². The number of sulfonamides is 1. The van der Waals surface area contributed by atoms with Crippen LogP contribution in [-0.4, -0.2) is 85.0 Å². The van der Waals surface area contributed by atoms with Crippen LogP contribution in [0.25, 0.3) is 11.1 Å². The number of nitrogens with one attached hydrogen (secondary N) is 4. The minimum atomic E-state index is -4.31. The van der Waals surface area contributed by atoms with Crippen LogP contribution in [0.4, 0.5) is 4.79 Å². The van der Waals surface area contributed by atoms with Crippen molar-refractivity contribution in [1.82, 2.24) is 20.7 Å². The SMILES string of the molecule is Cc1ccc(S(=O)(=O)NC(=O)CC[C@@H](NC(=O)OCC2c3ccccc3-c3ccccc32)C(=O)N[C@H](CSC(c2ccccc2)(c2ccccc2)c2ccccc2)C(=O)N[C@H](C(C)C)[C@@H](O)CC(=O)O)cc1. The van der Waals surface area contributed by atoms with E-state index in [1.54, 1.807) is 32.9 Å². The molecule has 6 aromatic carbocycles. The van der Waals surface area contributed by atoms with E-state index in [1.807, 2.05) is 144 Å². The van der Waals surface area contributed by atoms with Gasteiger partial charge in [-0.05, 0) is 70.3 Å². The van der Waals surface area contributed by atoms with Gasteiger partial charge in [-0.2, -0.15) is 0 Å². The lowest BCUT2D eigenvalue weighted by atomic mass is 9.84. The first-order valence-corrected chi connectivity index (χ1v) is 26.1. The standard InChI is InChI=1S/C56H58N4O10S2/c1-36(2)52(49(61)33-51(63)64)59-54(66)48(35-71-56(38-17-7-4-8-18-38,39-19-9-5-10-20-39)40-21-11-6-12-22-40)57-53(65)47(31-32-50(62)60-72(68,69)41-29-27-37(3)28-30-41)58-55(67)70-34-46-44-25-15-13-23-42(44)43-24-14-16-26-45(43)46/h4-30,36,46-49,52,61H,31-35H2,1-3H3,(H,57,65)(H,58,67)(H,59,66)(H,60,62)(H,63,64)/t47-,48-,49+,52-/m1/s1. The second kappa shape index (κ2) is 23.8. The number of carboxylic acid groups (broad SMARTS) is 1. The number of aliphatic carboxylic acids is 1. The monoisotopic (exact) mass is 1010 g/mol. The van der Waals surface area contributed by atoms with Crippen molar-refractivity contribution in [2.24, 2.45) is 5.92 Å². The smallest absolute Gasteiger partial charge is 0.407 e. The summed E-state index contributed by atoms with van der Waals surface area (Å²) < 4.78 is 33.3. The summed E-state index contributed by atoms with van der Waals surface area (Å²) in [6, 6.07) is 46.3. The normalized spacial score (nSPS) is 13.9. The van der Waals surface area contributed by atoms with E-state index in [-0.39, 0.29) is 23.2 Å². The number of amides is 4. The van der Waals surface area contributed by atoms with Gasteiger partial charge in [0.15, 0.2) is 0 Å². The molecule has 6 aromatic rings. The molecule has 374 valence electrons. The topological polar surface area (TPSA) is 217 Å². The molecule has 0 aromatic heterocycles. The molecule has 0 heterocycles. The minimum absolute atomic E-state index is 0.110. The Morgan fingerprint density at radius 3 is 1.64 bits per heavy atom. The molecular formula is C56H58N4O10S2. The lowest BCUT2D eigenvalue weighted by Gasteiger charge is -2.37. The van der Waals surface area contributed by atoms with Gasteiger partial charge in [0.25, 0.3) is 10.0 Å². The van der Waals surface area contributed by atoms with Gasteiger partial charge < -0.3 is 30.9 Å².